The molecule has 2 amide bonds. The maximum absolute atomic E-state index is 12.4. The Morgan fingerprint density at radius 1 is 1.35 bits per heavy atom. The molecule has 7 nitrogen and oxygen atoms in total. The van der Waals surface area contributed by atoms with E-state index in [1.807, 2.05) is 11.6 Å². The highest BCUT2D eigenvalue weighted by atomic mass is 32.1. The number of carbonyl (C=O) groups is 2. The number of ether oxygens (including phenoxy) is 1. The van der Waals surface area contributed by atoms with E-state index in [1.54, 1.807) is 28.8 Å². The van der Waals surface area contributed by atoms with E-state index in [-0.39, 0.29) is 14.7 Å². The molecule has 3 rings (SSSR count). The van der Waals surface area contributed by atoms with Gasteiger partial charge in [-0.05, 0) is 24.6 Å². The number of aromatic nitrogens is 2. The predicted molar refractivity (Wildman–Crippen MR) is 105 cm³/mol. The molecule has 0 atom stereocenters. The number of hydrogen-bond donors (Lipinski definition) is 2. The molecular weight excluding hydrogens is 352 g/mol. The summed E-state index contributed by atoms with van der Waals surface area (Å²) < 4.78 is 7.05. The number of methoxy groups -OCH3 is 1. The van der Waals surface area contributed by atoms with Crippen LogP contribution in [0.5, 0.6) is 5.75 Å². The van der Waals surface area contributed by atoms with Gasteiger partial charge in [-0.15, -0.1) is 11.3 Å². The maximum Gasteiger partial charge on any atom is 0.275 e. The Morgan fingerprint density at radius 3 is 2.92 bits per heavy atom. The van der Waals surface area contributed by atoms with Gasteiger partial charge in [0.05, 0.1) is 12.7 Å². The van der Waals surface area contributed by atoms with Crippen molar-refractivity contribution in [3.63, 3.8) is 0 Å². The highest BCUT2D eigenvalue weighted by molar-refractivity contribution is 7.15. The summed E-state index contributed by atoms with van der Waals surface area (Å²) in [6, 6.07) is 4.96. The van der Waals surface area contributed by atoms with Crippen LogP contribution < -0.4 is 15.4 Å². The Bertz CT molecular complexity index is 913. The minimum Gasteiger partial charge on any atom is -0.496 e. The van der Waals surface area contributed by atoms with Crippen molar-refractivity contribution in [2.75, 3.05) is 19.0 Å². The molecule has 2 aromatic heterocycles. The normalized spacial score (nSPS) is 10.7. The number of anilines is 1. The van der Waals surface area contributed by atoms with Crippen molar-refractivity contribution in [2.45, 2.75) is 19.8 Å². The number of nitrogens with one attached hydrogen (secondary N) is 2. The first-order valence-electron chi connectivity index (χ1n) is 8.32. The third-order valence-corrected chi connectivity index (χ3v) is 4.61. The average molecular weight is 376 g/mol. The molecule has 2 N–H and O–H groups in total. The number of hydrogen-bond acceptors (Lipinski definition) is 5. The minimum absolute atomic E-state index is 0. The van der Waals surface area contributed by atoms with Crippen molar-refractivity contribution in [3.8, 4) is 5.75 Å². The van der Waals surface area contributed by atoms with Gasteiger partial charge in [-0.1, -0.05) is 13.3 Å². The first-order valence-corrected chi connectivity index (χ1v) is 9.20. The number of fused-ring (bicyclic) bond motifs is 1. The molecule has 0 bridgehead atoms. The molecule has 0 fully saturated rings. The van der Waals surface area contributed by atoms with Crippen LogP contribution in [0.3, 0.4) is 0 Å². The van der Waals surface area contributed by atoms with Crippen LogP contribution in [-0.2, 0) is 0 Å². The van der Waals surface area contributed by atoms with E-state index in [1.165, 1.54) is 18.4 Å². The van der Waals surface area contributed by atoms with Gasteiger partial charge in [0.15, 0.2) is 4.96 Å². The summed E-state index contributed by atoms with van der Waals surface area (Å²) in [6.45, 7) is 2.66. The van der Waals surface area contributed by atoms with Gasteiger partial charge in [0.2, 0.25) is 0 Å². The fraction of sp³-hybridized carbons (Fsp3) is 0.278. The molecule has 0 aliphatic heterocycles. The standard InChI is InChI=1S/C18H20N4O3S.2H2/c1-3-4-7-19-16(23)13-10-12(5-6-15(13)25-2)20-17(24)14-11-22-8-9-26-18(22)21-14;;/h5-6,8-11H,3-4,7H2,1-2H3,(H,19,23)(H,20,24);2*1H. The number of imidazole rings is 1. The zero-order valence-corrected chi connectivity index (χ0v) is 15.4. The molecule has 0 spiro atoms. The van der Waals surface area contributed by atoms with Crippen molar-refractivity contribution in [1.29, 1.82) is 0 Å². The smallest absolute Gasteiger partial charge is 0.275 e. The highest BCUT2D eigenvalue weighted by Crippen LogP contribution is 2.23. The molecule has 2 heterocycles. The SMILES string of the molecule is CCCCNC(=O)c1cc(NC(=O)c2cn3ccsc3n2)ccc1OC.[HH].[HH]. The maximum atomic E-state index is 12.4. The van der Waals surface area contributed by atoms with Crippen LogP contribution in [0.1, 0.15) is 43.5 Å². The second-order valence-electron chi connectivity index (χ2n) is 5.70. The van der Waals surface area contributed by atoms with E-state index in [0.717, 1.165) is 17.8 Å². The average Bonchev–Trinajstić information content (AvgIpc) is 3.23. The molecular formula is C18H24N4O3S. The van der Waals surface area contributed by atoms with Gasteiger partial charge < -0.3 is 15.4 Å². The van der Waals surface area contributed by atoms with Crippen molar-refractivity contribution in [3.05, 3.63) is 47.2 Å². The Morgan fingerprint density at radius 2 is 2.19 bits per heavy atom. The lowest BCUT2D eigenvalue weighted by Gasteiger charge is -2.11. The van der Waals surface area contributed by atoms with Crippen LogP contribution in [-0.4, -0.2) is 34.9 Å². The zero-order valence-electron chi connectivity index (χ0n) is 14.6. The van der Waals surface area contributed by atoms with Gasteiger partial charge in [0, 0.05) is 32.9 Å². The van der Waals surface area contributed by atoms with Crippen LogP contribution in [0.15, 0.2) is 36.0 Å². The number of benzene rings is 1. The van der Waals surface area contributed by atoms with Crippen LogP contribution >= 0.6 is 11.3 Å². The summed E-state index contributed by atoms with van der Waals surface area (Å²) in [6.07, 6.45) is 5.41. The third kappa shape index (κ3) is 3.85. The quantitative estimate of drug-likeness (QED) is 0.616. The topological polar surface area (TPSA) is 84.7 Å². The second-order valence-corrected chi connectivity index (χ2v) is 6.57. The molecule has 0 saturated carbocycles. The Kier molecular flexibility index (Phi) is 5.52. The molecule has 1 aromatic carbocycles. The fourth-order valence-electron chi connectivity index (χ4n) is 2.47. The van der Waals surface area contributed by atoms with Crippen LogP contribution in [0, 0.1) is 0 Å². The Balaban J connectivity index is 0.00000196. The minimum atomic E-state index is -0.330. The molecule has 0 radical (unpaired) electrons. The van der Waals surface area contributed by atoms with Crippen molar-refractivity contribution < 1.29 is 17.2 Å². The number of amides is 2. The number of nitrogens with zero attached hydrogens (tertiary/aromatic N) is 2. The molecule has 3 aromatic rings. The fourth-order valence-corrected chi connectivity index (χ4v) is 3.17. The zero-order chi connectivity index (χ0) is 18.5. The first-order chi connectivity index (χ1) is 12.6. The van der Waals surface area contributed by atoms with Crippen LogP contribution in [0.2, 0.25) is 0 Å². The Labute approximate surface area is 158 Å². The largest absolute Gasteiger partial charge is 0.496 e. The van der Waals surface area contributed by atoms with Crippen molar-refractivity contribution in [2.24, 2.45) is 0 Å². The van der Waals surface area contributed by atoms with Gasteiger partial charge in [0.1, 0.15) is 11.4 Å². The highest BCUT2D eigenvalue weighted by Gasteiger charge is 2.16. The number of thiazole rings is 1. The van der Waals surface area contributed by atoms with E-state index in [4.69, 9.17) is 4.74 Å². The summed E-state index contributed by atoms with van der Waals surface area (Å²) in [5, 5.41) is 7.53. The molecule has 0 saturated heterocycles. The lowest BCUT2D eigenvalue weighted by molar-refractivity contribution is 0.0948. The summed E-state index contributed by atoms with van der Waals surface area (Å²) in [4.78, 5) is 29.8. The van der Waals surface area contributed by atoms with E-state index >= 15 is 0 Å². The second kappa shape index (κ2) is 8.01. The lowest BCUT2D eigenvalue weighted by Crippen LogP contribution is -2.25. The van der Waals surface area contributed by atoms with E-state index in [2.05, 4.69) is 22.5 Å². The van der Waals surface area contributed by atoms with Crippen molar-refractivity contribution >= 4 is 33.8 Å². The predicted octanol–water partition coefficient (Wildman–Crippen LogP) is 3.68. The summed E-state index contributed by atoms with van der Waals surface area (Å²) in [5.41, 5.74) is 1.21. The number of carbonyl (C=O) groups excluding carboxylic acids is 2. The van der Waals surface area contributed by atoms with Gasteiger partial charge in [-0.25, -0.2) is 4.98 Å². The number of unbranched alkanes of at least 4 members (excludes halogenated alkanes) is 1. The third-order valence-electron chi connectivity index (χ3n) is 3.84. The number of rotatable bonds is 7. The van der Waals surface area contributed by atoms with Crippen LogP contribution in [0.25, 0.3) is 4.96 Å². The lowest BCUT2D eigenvalue weighted by atomic mass is 10.1. The molecule has 0 aliphatic rings. The first kappa shape index (κ1) is 17.9. The van der Waals surface area contributed by atoms with Crippen LogP contribution in [0.4, 0.5) is 5.69 Å². The summed E-state index contributed by atoms with van der Waals surface area (Å²) in [5.74, 6) is -0.100. The monoisotopic (exact) mass is 376 g/mol. The molecule has 140 valence electrons. The van der Waals surface area contributed by atoms with Gasteiger partial charge >= 0.3 is 0 Å². The Hall–Kier alpha value is -2.87. The molecule has 8 heteroatoms. The van der Waals surface area contributed by atoms with Gasteiger partial charge in [-0.3, -0.25) is 14.0 Å². The van der Waals surface area contributed by atoms with E-state index in [9.17, 15) is 9.59 Å². The van der Waals surface area contributed by atoms with Gasteiger partial charge in [-0.2, -0.15) is 0 Å². The molecule has 0 aliphatic carbocycles. The van der Waals surface area contributed by atoms with E-state index < -0.39 is 0 Å². The molecule has 0 unspecified atom stereocenters. The van der Waals surface area contributed by atoms with E-state index in [0.29, 0.717) is 29.2 Å². The van der Waals surface area contributed by atoms with Gasteiger partial charge in [0.25, 0.3) is 11.8 Å². The molecule has 26 heavy (non-hydrogen) atoms. The summed E-state index contributed by atoms with van der Waals surface area (Å²) in [7, 11) is 1.51. The summed E-state index contributed by atoms with van der Waals surface area (Å²) >= 11 is 1.45. The van der Waals surface area contributed by atoms with Crippen molar-refractivity contribution in [1.82, 2.24) is 14.7 Å².